The van der Waals surface area contributed by atoms with Crippen molar-refractivity contribution in [3.63, 3.8) is 0 Å². The highest BCUT2D eigenvalue weighted by atomic mass is 127. The van der Waals surface area contributed by atoms with Crippen molar-refractivity contribution in [3.8, 4) is 0 Å². The topological polar surface area (TPSA) is 26.0 Å². The SMILES string of the molecule is CC(C)(C)C(N)(I)c1ccccc1. The normalized spacial score (nSPS) is 16.7. The lowest BCUT2D eigenvalue weighted by atomic mass is 9.83. The Labute approximate surface area is 93.9 Å². The van der Waals surface area contributed by atoms with Gasteiger partial charge >= 0.3 is 0 Å². The van der Waals surface area contributed by atoms with Crippen LogP contribution in [0.3, 0.4) is 0 Å². The lowest BCUT2D eigenvalue weighted by Crippen LogP contribution is -2.42. The highest BCUT2D eigenvalue weighted by molar-refractivity contribution is 14.1. The maximum atomic E-state index is 6.30. The van der Waals surface area contributed by atoms with Crippen LogP contribution in [0.15, 0.2) is 30.3 Å². The van der Waals surface area contributed by atoms with Gasteiger partial charge in [-0.25, -0.2) is 0 Å². The lowest BCUT2D eigenvalue weighted by molar-refractivity contribution is 0.309. The highest BCUT2D eigenvalue weighted by Crippen LogP contribution is 2.42. The maximum Gasteiger partial charge on any atom is 0.0984 e. The molecule has 0 aliphatic heterocycles. The Bertz CT molecular complexity index is 272. The van der Waals surface area contributed by atoms with Crippen LogP contribution < -0.4 is 5.73 Å². The Hall–Kier alpha value is -0.0900. The Morgan fingerprint density at radius 2 is 1.54 bits per heavy atom. The zero-order chi connectivity index (χ0) is 10.1. The zero-order valence-electron chi connectivity index (χ0n) is 8.34. The van der Waals surface area contributed by atoms with Gasteiger partial charge in [-0.05, 0) is 11.0 Å². The predicted octanol–water partition coefficient (Wildman–Crippen LogP) is 3.28. The van der Waals surface area contributed by atoms with E-state index in [4.69, 9.17) is 5.73 Å². The van der Waals surface area contributed by atoms with Crippen LogP contribution in [0, 0.1) is 5.41 Å². The second-order valence-corrected chi connectivity index (χ2v) is 6.03. The standard InChI is InChI=1S/C11H16IN/c1-10(2,3)11(12,13)9-7-5-4-6-8-9/h4-8H,13H2,1-3H3. The van der Waals surface area contributed by atoms with Crippen LogP contribution in [-0.2, 0) is 3.55 Å². The van der Waals surface area contributed by atoms with Crippen molar-refractivity contribution in [1.29, 1.82) is 0 Å². The number of nitrogens with two attached hydrogens (primary N) is 1. The summed E-state index contributed by atoms with van der Waals surface area (Å²) in [4.78, 5) is 0. The molecule has 1 rings (SSSR count). The molecule has 0 aromatic heterocycles. The van der Waals surface area contributed by atoms with E-state index in [1.807, 2.05) is 18.2 Å². The molecule has 0 aliphatic rings. The molecule has 1 unspecified atom stereocenters. The molecule has 0 aliphatic carbocycles. The van der Waals surface area contributed by atoms with E-state index in [0.29, 0.717) is 0 Å². The van der Waals surface area contributed by atoms with E-state index in [9.17, 15) is 0 Å². The third-order valence-corrected chi connectivity index (χ3v) is 4.53. The van der Waals surface area contributed by atoms with Crippen LogP contribution in [0.1, 0.15) is 26.3 Å². The summed E-state index contributed by atoms with van der Waals surface area (Å²) in [6.45, 7) is 6.48. The molecule has 0 saturated heterocycles. The summed E-state index contributed by atoms with van der Waals surface area (Å²) in [5, 5.41) is 0. The van der Waals surface area contributed by atoms with Crippen LogP contribution in [0.2, 0.25) is 0 Å². The average molecular weight is 289 g/mol. The number of hydrogen-bond donors (Lipinski definition) is 1. The van der Waals surface area contributed by atoms with E-state index in [0.717, 1.165) is 0 Å². The molecular formula is C11H16IN. The van der Waals surface area contributed by atoms with E-state index >= 15 is 0 Å². The fraction of sp³-hybridized carbons (Fsp3) is 0.455. The van der Waals surface area contributed by atoms with Gasteiger partial charge in [-0.3, -0.25) is 0 Å². The van der Waals surface area contributed by atoms with Gasteiger partial charge in [0, 0.05) is 0 Å². The van der Waals surface area contributed by atoms with Gasteiger partial charge < -0.3 is 5.73 Å². The first-order valence-electron chi connectivity index (χ1n) is 4.39. The van der Waals surface area contributed by atoms with Crippen LogP contribution >= 0.6 is 22.6 Å². The second-order valence-electron chi connectivity index (χ2n) is 4.33. The Morgan fingerprint density at radius 1 is 1.08 bits per heavy atom. The molecule has 1 aromatic rings. The molecule has 1 nitrogen and oxygen atoms in total. The molecular weight excluding hydrogens is 273 g/mol. The van der Waals surface area contributed by atoms with Crippen molar-refractivity contribution >= 4 is 22.6 Å². The van der Waals surface area contributed by atoms with Crippen molar-refractivity contribution in [2.24, 2.45) is 11.1 Å². The third kappa shape index (κ3) is 2.23. The van der Waals surface area contributed by atoms with Crippen LogP contribution in [-0.4, -0.2) is 0 Å². The quantitative estimate of drug-likeness (QED) is 0.479. The number of hydrogen-bond acceptors (Lipinski definition) is 1. The summed E-state index contributed by atoms with van der Waals surface area (Å²) < 4.78 is -0.300. The van der Waals surface area contributed by atoms with Crippen LogP contribution in [0.25, 0.3) is 0 Å². The molecule has 0 saturated carbocycles. The van der Waals surface area contributed by atoms with Gasteiger partial charge in [0.25, 0.3) is 0 Å². The summed E-state index contributed by atoms with van der Waals surface area (Å²) in [6.07, 6.45) is 0. The first-order chi connectivity index (χ1) is 5.86. The Kier molecular flexibility index (Phi) is 3.02. The zero-order valence-corrected chi connectivity index (χ0v) is 10.5. The number of alkyl halides is 1. The lowest BCUT2D eigenvalue weighted by Gasteiger charge is -2.37. The molecule has 1 aromatic carbocycles. The van der Waals surface area contributed by atoms with Crippen molar-refractivity contribution in [3.05, 3.63) is 35.9 Å². The summed E-state index contributed by atoms with van der Waals surface area (Å²) in [5.41, 5.74) is 7.55. The molecule has 2 heteroatoms. The van der Waals surface area contributed by atoms with Crippen molar-refractivity contribution in [2.45, 2.75) is 24.3 Å². The predicted molar refractivity (Wildman–Crippen MR) is 65.8 cm³/mol. The van der Waals surface area contributed by atoms with Crippen LogP contribution in [0.4, 0.5) is 0 Å². The largest absolute Gasteiger partial charge is 0.313 e. The van der Waals surface area contributed by atoms with Crippen molar-refractivity contribution in [2.75, 3.05) is 0 Å². The van der Waals surface area contributed by atoms with Gasteiger partial charge in [0.1, 0.15) is 0 Å². The van der Waals surface area contributed by atoms with E-state index in [1.54, 1.807) is 0 Å². The Balaban J connectivity index is 3.08. The first-order valence-corrected chi connectivity index (χ1v) is 5.47. The van der Waals surface area contributed by atoms with Gasteiger partial charge in [0.2, 0.25) is 0 Å². The van der Waals surface area contributed by atoms with Crippen molar-refractivity contribution < 1.29 is 0 Å². The Morgan fingerprint density at radius 3 is 1.92 bits per heavy atom. The minimum absolute atomic E-state index is 0.0644. The van der Waals surface area contributed by atoms with Crippen molar-refractivity contribution in [1.82, 2.24) is 0 Å². The number of benzene rings is 1. The van der Waals surface area contributed by atoms with E-state index < -0.39 is 0 Å². The van der Waals surface area contributed by atoms with E-state index in [-0.39, 0.29) is 8.96 Å². The number of halogens is 1. The van der Waals surface area contributed by atoms with Gasteiger partial charge in [-0.2, -0.15) is 0 Å². The monoisotopic (exact) mass is 289 g/mol. The minimum atomic E-state index is -0.300. The van der Waals surface area contributed by atoms with Crippen LogP contribution in [0.5, 0.6) is 0 Å². The fourth-order valence-electron chi connectivity index (χ4n) is 1.11. The molecule has 72 valence electrons. The molecule has 0 bridgehead atoms. The first kappa shape index (κ1) is 11.0. The third-order valence-electron chi connectivity index (χ3n) is 2.29. The van der Waals surface area contributed by atoms with Gasteiger partial charge in [0.05, 0.1) is 3.55 Å². The van der Waals surface area contributed by atoms with E-state index in [1.165, 1.54) is 5.56 Å². The second kappa shape index (κ2) is 3.58. The van der Waals surface area contributed by atoms with Gasteiger partial charge in [-0.1, -0.05) is 73.7 Å². The molecule has 0 radical (unpaired) electrons. The van der Waals surface area contributed by atoms with Gasteiger partial charge in [0.15, 0.2) is 0 Å². The average Bonchev–Trinajstić information content (AvgIpc) is 2.04. The molecule has 0 amide bonds. The maximum absolute atomic E-state index is 6.30. The minimum Gasteiger partial charge on any atom is -0.313 e. The summed E-state index contributed by atoms with van der Waals surface area (Å²) in [6, 6.07) is 10.2. The highest BCUT2D eigenvalue weighted by Gasteiger charge is 2.36. The fourth-order valence-corrected chi connectivity index (χ4v) is 1.47. The van der Waals surface area contributed by atoms with Gasteiger partial charge in [-0.15, -0.1) is 0 Å². The molecule has 2 N–H and O–H groups in total. The molecule has 0 spiro atoms. The summed E-state index contributed by atoms with van der Waals surface area (Å²) in [7, 11) is 0. The number of rotatable bonds is 1. The smallest absolute Gasteiger partial charge is 0.0984 e. The molecule has 13 heavy (non-hydrogen) atoms. The summed E-state index contributed by atoms with van der Waals surface area (Å²) >= 11 is 2.33. The van der Waals surface area contributed by atoms with E-state index in [2.05, 4.69) is 55.5 Å². The summed E-state index contributed by atoms with van der Waals surface area (Å²) in [5.74, 6) is 0. The molecule has 1 atom stereocenters. The molecule has 0 heterocycles. The molecule has 0 fully saturated rings.